The molecule has 0 aliphatic rings. The molecule has 0 rings (SSSR count). The first-order chi connectivity index (χ1) is 4.31. The van der Waals surface area contributed by atoms with Crippen LogP contribution in [0.4, 0.5) is 0 Å². The molecule has 0 heterocycles. The molecule has 0 aromatic heterocycles. The van der Waals surface area contributed by atoms with Gasteiger partial charge >= 0.3 is 0 Å². The van der Waals surface area contributed by atoms with Gasteiger partial charge in [-0.25, -0.2) is 0 Å². The smallest absolute Gasteiger partial charge is 0.276 e. The highest BCUT2D eigenvalue weighted by atomic mass is 32.2. The Morgan fingerprint density at radius 2 is 2.44 bits per heavy atom. The Kier molecular flexibility index (Phi) is 6.09. The van der Waals surface area contributed by atoms with Crippen LogP contribution in [0.15, 0.2) is 0 Å². The summed E-state index contributed by atoms with van der Waals surface area (Å²) in [6.45, 7) is 4.17. The molecule has 0 spiro atoms. The summed E-state index contributed by atoms with van der Waals surface area (Å²) in [4.78, 5) is 9.69. The molecule has 0 aliphatic carbocycles. The summed E-state index contributed by atoms with van der Waals surface area (Å²) >= 11 is 1.00. The monoisotopic (exact) mass is 146 g/mol. The fraction of sp³-hybridized carbons (Fsp3) is 0.833. The van der Waals surface area contributed by atoms with Crippen LogP contribution in [0.25, 0.3) is 0 Å². The van der Waals surface area contributed by atoms with E-state index in [2.05, 4.69) is 11.6 Å². The third kappa shape index (κ3) is 5.86. The van der Waals surface area contributed by atoms with Crippen molar-refractivity contribution in [2.75, 3.05) is 0 Å². The molecule has 0 amide bonds. The molecule has 53 valence electrons. The van der Waals surface area contributed by atoms with E-state index in [9.17, 15) is 4.79 Å². The van der Waals surface area contributed by atoms with E-state index in [1.54, 1.807) is 5.62 Å². The van der Waals surface area contributed by atoms with E-state index in [-0.39, 0.29) is 0 Å². The van der Waals surface area contributed by atoms with E-state index in [4.69, 9.17) is 0 Å². The lowest BCUT2D eigenvalue weighted by molar-refractivity contribution is 0.568. The van der Waals surface area contributed by atoms with Gasteiger partial charge in [-0.3, -0.25) is 9.52 Å². The molecule has 0 aromatic rings. The van der Waals surface area contributed by atoms with Crippen molar-refractivity contribution in [1.82, 2.24) is 4.72 Å². The molecule has 1 radical (unpaired) electrons. The lowest BCUT2D eigenvalue weighted by Crippen LogP contribution is -2.18. The average Bonchev–Trinajstić information content (AvgIpc) is 1.85. The Balaban J connectivity index is 3.04. The quantitative estimate of drug-likeness (QED) is 0.596. The molecule has 0 aromatic carbocycles. The summed E-state index contributed by atoms with van der Waals surface area (Å²) in [5.41, 5.74) is 1.71. The van der Waals surface area contributed by atoms with Gasteiger partial charge < -0.3 is 0 Å². The summed E-state index contributed by atoms with van der Waals surface area (Å²) in [5, 5.41) is 0. The Bertz CT molecular complexity index is 77.5. The Hall–Kier alpha value is -0.0200. The third-order valence-corrected chi connectivity index (χ3v) is 1.63. The fourth-order valence-corrected chi connectivity index (χ4v) is 0.984. The fourth-order valence-electron chi connectivity index (χ4n) is 0.617. The zero-order chi connectivity index (χ0) is 7.11. The normalized spacial score (nSPS) is 13.1. The molecule has 0 aliphatic heterocycles. The van der Waals surface area contributed by atoms with Gasteiger partial charge in [0.05, 0.1) is 0 Å². The molecular weight excluding hydrogens is 134 g/mol. The van der Waals surface area contributed by atoms with E-state index in [1.165, 1.54) is 0 Å². The topological polar surface area (TPSA) is 29.1 Å². The molecule has 0 fully saturated rings. The second-order valence-electron chi connectivity index (χ2n) is 1.99. The predicted octanol–water partition coefficient (Wildman–Crippen LogP) is 1.48. The highest BCUT2D eigenvalue weighted by Gasteiger charge is 1.96. The van der Waals surface area contributed by atoms with Crippen LogP contribution in [-0.2, 0) is 4.79 Å². The number of nitrogens with one attached hydrogen (secondary N) is 1. The second kappa shape index (κ2) is 6.11. The summed E-state index contributed by atoms with van der Waals surface area (Å²) < 4.78 is 2.93. The molecule has 9 heavy (non-hydrogen) atoms. The zero-order valence-electron chi connectivity index (χ0n) is 5.81. The van der Waals surface area contributed by atoms with Crippen LogP contribution in [0.5, 0.6) is 0 Å². The van der Waals surface area contributed by atoms with Crippen molar-refractivity contribution in [3.63, 3.8) is 0 Å². The first-order valence-electron chi connectivity index (χ1n) is 3.09. The molecule has 2 nitrogen and oxygen atoms in total. The summed E-state index contributed by atoms with van der Waals surface area (Å²) in [5.74, 6) is 0. The van der Waals surface area contributed by atoms with Gasteiger partial charge in [0.1, 0.15) is 0 Å². The molecule has 1 atom stereocenters. The first kappa shape index (κ1) is 8.98. The van der Waals surface area contributed by atoms with E-state index >= 15 is 0 Å². The highest BCUT2D eigenvalue weighted by Crippen LogP contribution is 1.98. The molecule has 0 bridgehead atoms. The van der Waals surface area contributed by atoms with Crippen LogP contribution >= 0.6 is 11.9 Å². The molecule has 0 saturated carbocycles. The van der Waals surface area contributed by atoms with Gasteiger partial charge in [-0.05, 0) is 13.3 Å². The molecule has 3 heteroatoms. The molecule has 1 unspecified atom stereocenters. The maximum Gasteiger partial charge on any atom is 0.282 e. The molecular formula is C6H12NOS. The van der Waals surface area contributed by atoms with Crippen LogP contribution in [0, 0.1) is 0 Å². The summed E-state index contributed by atoms with van der Waals surface area (Å²) in [6, 6.07) is 0.418. The minimum Gasteiger partial charge on any atom is -0.276 e. The highest BCUT2D eigenvalue weighted by molar-refractivity contribution is 8.10. The Labute approximate surface area is 60.5 Å². The molecule has 1 N–H and O–H groups in total. The van der Waals surface area contributed by atoms with E-state index in [0.29, 0.717) is 6.04 Å². The SMILES string of the molecule is CCCC(C)NS[C]=O. The van der Waals surface area contributed by atoms with Gasteiger partial charge in [-0.1, -0.05) is 13.3 Å². The van der Waals surface area contributed by atoms with Crippen molar-refractivity contribution in [3.05, 3.63) is 0 Å². The molecule has 0 saturated heterocycles. The summed E-state index contributed by atoms with van der Waals surface area (Å²) in [6.07, 6.45) is 2.25. The standard InChI is InChI=1S/C6H12NOS/c1-3-4-6(2)7-9-5-8/h6-7H,3-4H2,1-2H3. The van der Waals surface area contributed by atoms with Gasteiger partial charge in [-0.15, -0.1) is 0 Å². The van der Waals surface area contributed by atoms with Crippen LogP contribution < -0.4 is 4.72 Å². The van der Waals surface area contributed by atoms with Crippen molar-refractivity contribution in [3.8, 4) is 0 Å². The Morgan fingerprint density at radius 3 is 2.89 bits per heavy atom. The van der Waals surface area contributed by atoms with Crippen molar-refractivity contribution in [2.24, 2.45) is 0 Å². The number of carbonyl (C=O) groups excluding carboxylic acids is 1. The number of hydrogen-bond acceptors (Lipinski definition) is 3. The van der Waals surface area contributed by atoms with E-state index < -0.39 is 0 Å². The van der Waals surface area contributed by atoms with Gasteiger partial charge in [0.2, 0.25) is 0 Å². The number of rotatable bonds is 5. The largest absolute Gasteiger partial charge is 0.282 e. The van der Waals surface area contributed by atoms with Crippen molar-refractivity contribution in [2.45, 2.75) is 32.7 Å². The summed E-state index contributed by atoms with van der Waals surface area (Å²) in [7, 11) is 0. The van der Waals surface area contributed by atoms with Crippen LogP contribution in [0.2, 0.25) is 0 Å². The van der Waals surface area contributed by atoms with Crippen molar-refractivity contribution < 1.29 is 4.79 Å². The van der Waals surface area contributed by atoms with Crippen LogP contribution in [-0.4, -0.2) is 11.7 Å². The minimum atomic E-state index is 0.418. The Morgan fingerprint density at radius 1 is 1.78 bits per heavy atom. The van der Waals surface area contributed by atoms with Crippen molar-refractivity contribution >= 4 is 17.6 Å². The van der Waals surface area contributed by atoms with Gasteiger partial charge in [-0.2, -0.15) is 0 Å². The van der Waals surface area contributed by atoms with Crippen molar-refractivity contribution in [1.29, 1.82) is 0 Å². The third-order valence-electron chi connectivity index (χ3n) is 1.02. The van der Waals surface area contributed by atoms with Crippen LogP contribution in [0.3, 0.4) is 0 Å². The first-order valence-corrected chi connectivity index (χ1v) is 3.91. The minimum absolute atomic E-state index is 0.418. The lowest BCUT2D eigenvalue weighted by Gasteiger charge is -2.06. The second-order valence-corrected chi connectivity index (χ2v) is 2.60. The maximum absolute atomic E-state index is 9.69. The van der Waals surface area contributed by atoms with Gasteiger partial charge in [0.25, 0.3) is 5.62 Å². The lowest BCUT2D eigenvalue weighted by atomic mass is 10.2. The van der Waals surface area contributed by atoms with E-state index in [1.807, 2.05) is 6.92 Å². The van der Waals surface area contributed by atoms with E-state index in [0.717, 1.165) is 24.8 Å². The predicted molar refractivity (Wildman–Crippen MR) is 40.8 cm³/mol. The van der Waals surface area contributed by atoms with Gasteiger partial charge in [0.15, 0.2) is 0 Å². The van der Waals surface area contributed by atoms with Crippen LogP contribution in [0.1, 0.15) is 26.7 Å². The maximum atomic E-state index is 9.69. The number of hydrogen-bond donors (Lipinski definition) is 1. The average molecular weight is 146 g/mol. The van der Waals surface area contributed by atoms with Gasteiger partial charge in [0, 0.05) is 18.0 Å². The zero-order valence-corrected chi connectivity index (χ0v) is 6.62.